The predicted octanol–water partition coefficient (Wildman–Crippen LogP) is 1.48. The van der Waals surface area contributed by atoms with Gasteiger partial charge in [0, 0.05) is 31.9 Å². The van der Waals surface area contributed by atoms with E-state index in [4.69, 9.17) is 25.3 Å². The van der Waals surface area contributed by atoms with Crippen LogP contribution >= 0.6 is 0 Å². The maximum Gasteiger partial charge on any atom is 2.00 e. The van der Waals surface area contributed by atoms with Crippen molar-refractivity contribution in [3.63, 3.8) is 0 Å². The number of hydrogen-bond acceptors (Lipinski definition) is 7. The van der Waals surface area contributed by atoms with E-state index in [1.54, 1.807) is 26.5 Å². The van der Waals surface area contributed by atoms with Gasteiger partial charge in [0.1, 0.15) is 0 Å². The molecular formula is C16H21CuN7S2. The number of rotatable bonds is 5. The van der Waals surface area contributed by atoms with Gasteiger partial charge < -0.3 is 25.3 Å². The van der Waals surface area contributed by atoms with Gasteiger partial charge in [-0.3, -0.25) is 25.8 Å². The fraction of sp³-hybridized carbons (Fsp3) is 0.438. The van der Waals surface area contributed by atoms with Crippen molar-refractivity contribution >= 4 is 47.5 Å². The Morgan fingerprint density at radius 3 is 2.38 bits per heavy atom. The second kappa shape index (κ2) is 11.2. The molecule has 1 fully saturated rings. The Bertz CT molecular complexity index is 683. The number of aromatic nitrogens is 1. The van der Waals surface area contributed by atoms with Crippen LogP contribution in [-0.2, 0) is 47.7 Å². The van der Waals surface area contributed by atoms with Gasteiger partial charge in [-0.1, -0.05) is 18.9 Å². The van der Waals surface area contributed by atoms with Crippen LogP contribution in [0.25, 0.3) is 0 Å². The summed E-state index contributed by atoms with van der Waals surface area (Å²) in [6.45, 7) is 0. The van der Waals surface area contributed by atoms with Gasteiger partial charge in [-0.25, -0.2) is 0 Å². The number of hydrogen-bond donors (Lipinski definition) is 2. The molecule has 0 spiro atoms. The molecule has 1 aliphatic rings. The van der Waals surface area contributed by atoms with Crippen molar-refractivity contribution in [3.05, 3.63) is 30.1 Å². The molecule has 0 aliphatic heterocycles. The van der Waals surface area contributed by atoms with E-state index in [9.17, 15) is 0 Å². The van der Waals surface area contributed by atoms with Crippen LogP contribution in [-0.4, -0.2) is 41.3 Å². The van der Waals surface area contributed by atoms with Crippen molar-refractivity contribution in [1.82, 2.24) is 15.8 Å². The van der Waals surface area contributed by atoms with Crippen molar-refractivity contribution in [2.75, 3.05) is 14.1 Å². The van der Waals surface area contributed by atoms with Gasteiger partial charge in [0.05, 0.1) is 11.9 Å². The Morgan fingerprint density at radius 1 is 1.15 bits per heavy atom. The molecule has 1 saturated carbocycles. The van der Waals surface area contributed by atoms with E-state index in [-0.39, 0.29) is 22.5 Å². The minimum Gasteiger partial charge on any atom is -0.741 e. The Kier molecular flexibility index (Phi) is 9.64. The first kappa shape index (κ1) is 22.4. The Balaban J connectivity index is 0.00000338. The zero-order chi connectivity index (χ0) is 18.1. The van der Waals surface area contributed by atoms with Gasteiger partial charge in [0.15, 0.2) is 0 Å². The summed E-state index contributed by atoms with van der Waals surface area (Å²) < 4.78 is 0. The molecule has 143 valence electrons. The van der Waals surface area contributed by atoms with E-state index < -0.39 is 0 Å². The third-order valence-corrected chi connectivity index (χ3v) is 4.73. The summed E-state index contributed by atoms with van der Waals surface area (Å²) in [6.07, 6.45) is 9.47. The normalized spacial score (nSPS) is 17.8. The van der Waals surface area contributed by atoms with Gasteiger partial charge >= 0.3 is 17.1 Å². The van der Waals surface area contributed by atoms with Crippen LogP contribution < -0.4 is 10.9 Å². The van der Waals surface area contributed by atoms with E-state index >= 15 is 0 Å². The van der Waals surface area contributed by atoms with Crippen LogP contribution in [0.4, 0.5) is 0 Å². The molecule has 0 unspecified atom stereocenters. The van der Waals surface area contributed by atoms with Crippen LogP contribution in [0.15, 0.2) is 44.7 Å². The minimum absolute atomic E-state index is 0. The molecule has 0 saturated heterocycles. The van der Waals surface area contributed by atoms with Gasteiger partial charge in [-0.15, -0.1) is 0 Å². The topological polar surface area (TPSA) is 86.4 Å². The van der Waals surface area contributed by atoms with Crippen molar-refractivity contribution in [2.24, 2.45) is 20.2 Å². The first-order valence-corrected chi connectivity index (χ1v) is 8.75. The molecule has 10 heteroatoms. The summed E-state index contributed by atoms with van der Waals surface area (Å²) in [5.41, 5.74) is 7.13. The van der Waals surface area contributed by atoms with E-state index in [1.165, 1.54) is 0 Å². The van der Waals surface area contributed by atoms with Crippen LogP contribution in [0.5, 0.6) is 0 Å². The molecule has 26 heavy (non-hydrogen) atoms. The maximum absolute atomic E-state index is 5.08. The summed E-state index contributed by atoms with van der Waals surface area (Å²) in [5, 5.41) is 9.30. The molecule has 1 aromatic heterocycles. The number of nitrogens with one attached hydrogen (secondary N) is 2. The third kappa shape index (κ3) is 5.70. The summed E-state index contributed by atoms with van der Waals surface area (Å²) >= 11 is 10.1. The summed E-state index contributed by atoms with van der Waals surface area (Å²) in [7, 11) is 3.23. The fourth-order valence-electron chi connectivity index (χ4n) is 2.93. The number of pyridine rings is 1. The number of amidine groups is 2. The van der Waals surface area contributed by atoms with E-state index in [1.807, 2.05) is 12.3 Å². The van der Waals surface area contributed by atoms with Crippen LogP contribution in [0, 0.1) is 0 Å². The third-order valence-electron chi connectivity index (χ3n) is 4.19. The van der Waals surface area contributed by atoms with Crippen molar-refractivity contribution in [3.8, 4) is 0 Å². The van der Waals surface area contributed by atoms with Gasteiger partial charge in [0.25, 0.3) is 0 Å². The molecule has 0 bridgehead atoms. The van der Waals surface area contributed by atoms with E-state index in [0.29, 0.717) is 10.3 Å². The number of nitrogens with zero attached hydrogens (tertiary/aromatic N) is 5. The SMILES string of the molecule is CN=C([S-])N/N=C/C(=N/NC([S-])=NC)C1(c2cccnc2)CCCC1.[Cu+2]. The maximum atomic E-state index is 5.08. The Labute approximate surface area is 175 Å². The number of hydrazone groups is 2. The first-order chi connectivity index (χ1) is 12.1. The zero-order valence-electron chi connectivity index (χ0n) is 14.6. The van der Waals surface area contributed by atoms with Crippen molar-refractivity contribution < 1.29 is 17.1 Å². The zero-order valence-corrected chi connectivity index (χ0v) is 17.1. The summed E-state index contributed by atoms with van der Waals surface area (Å²) in [6, 6.07) is 4.01. The van der Waals surface area contributed by atoms with Crippen molar-refractivity contribution in [2.45, 2.75) is 31.1 Å². The predicted molar refractivity (Wildman–Crippen MR) is 108 cm³/mol. The average molecular weight is 439 g/mol. The summed E-state index contributed by atoms with van der Waals surface area (Å²) in [4.78, 5) is 12.0. The Morgan fingerprint density at radius 2 is 1.81 bits per heavy atom. The van der Waals surface area contributed by atoms with Crippen molar-refractivity contribution in [1.29, 1.82) is 0 Å². The van der Waals surface area contributed by atoms with Gasteiger partial charge in [0.2, 0.25) is 0 Å². The monoisotopic (exact) mass is 438 g/mol. The molecule has 1 aromatic rings. The molecule has 7 nitrogen and oxygen atoms in total. The smallest absolute Gasteiger partial charge is 0.741 e. The second-order valence-electron chi connectivity index (χ2n) is 5.57. The van der Waals surface area contributed by atoms with Gasteiger partial charge in [-0.05, 0) is 34.8 Å². The van der Waals surface area contributed by atoms with Crippen LogP contribution in [0.3, 0.4) is 0 Å². The Hall–Kier alpha value is -1.61. The average Bonchev–Trinajstić information content (AvgIpc) is 3.15. The van der Waals surface area contributed by atoms with Gasteiger partial charge in [-0.2, -0.15) is 10.2 Å². The van der Waals surface area contributed by atoms with E-state index in [0.717, 1.165) is 37.0 Å². The largest absolute Gasteiger partial charge is 2.00 e. The first-order valence-electron chi connectivity index (χ1n) is 7.94. The molecule has 0 atom stereocenters. The number of aliphatic imine (C=N–C) groups is 2. The molecule has 1 radical (unpaired) electrons. The minimum atomic E-state index is -0.263. The van der Waals surface area contributed by atoms with Crippen LogP contribution in [0.1, 0.15) is 31.2 Å². The molecule has 1 aliphatic carbocycles. The molecule has 0 amide bonds. The summed E-state index contributed by atoms with van der Waals surface area (Å²) in [5.74, 6) is 0. The van der Waals surface area contributed by atoms with E-state index in [2.05, 4.69) is 42.1 Å². The molecule has 2 N–H and O–H groups in total. The quantitative estimate of drug-likeness (QED) is 0.239. The van der Waals surface area contributed by atoms with Crippen LogP contribution in [0.2, 0.25) is 0 Å². The molecule has 0 aromatic carbocycles. The standard InChI is InChI=1S/C16H23N7S2.Cu/c1-17-14(24)22-20-11-13(21-23-15(25)18-2)16(7-3-4-8-16)12-6-5-9-19-10-12;/h5-6,9-11H,3-4,7-8H2,1-2H3,(H2,17,22,24)(H2,18,23,25);/q;+2/p-2/b20-11+,21-13-;. The second-order valence-corrected chi connectivity index (χ2v) is 6.34. The molecule has 2 rings (SSSR count). The molecular weight excluding hydrogens is 418 g/mol. The fourth-order valence-corrected chi connectivity index (χ4v) is 3.03. The molecule has 1 heterocycles.